The number of thiazole rings is 1. The molecule has 7 nitrogen and oxygen atoms in total. The minimum absolute atomic E-state index is 0.0525. The molecule has 1 aliphatic rings. The Kier molecular flexibility index (Phi) is 7.22. The van der Waals surface area contributed by atoms with Crippen molar-refractivity contribution in [3.05, 3.63) is 83.5 Å². The highest BCUT2D eigenvalue weighted by Crippen LogP contribution is 2.28. The van der Waals surface area contributed by atoms with Gasteiger partial charge < -0.3 is 19.1 Å². The van der Waals surface area contributed by atoms with Crippen molar-refractivity contribution in [2.24, 2.45) is 0 Å². The van der Waals surface area contributed by atoms with E-state index in [1.807, 2.05) is 4.90 Å². The van der Waals surface area contributed by atoms with Gasteiger partial charge in [-0.1, -0.05) is 36.4 Å². The summed E-state index contributed by atoms with van der Waals surface area (Å²) in [5, 5.41) is 4.55. The van der Waals surface area contributed by atoms with Crippen molar-refractivity contribution in [2.45, 2.75) is 25.4 Å². The maximum Gasteiger partial charge on any atom is 0.254 e. The molecule has 0 saturated carbocycles. The first-order valence-electron chi connectivity index (χ1n) is 13.2. The molecule has 1 atom stereocenters. The molecule has 0 bridgehead atoms. The molecular weight excluding hydrogens is 510 g/mol. The summed E-state index contributed by atoms with van der Waals surface area (Å²) in [6.45, 7) is 1.86. The zero-order chi connectivity index (χ0) is 26.8. The number of hydrogen-bond donors (Lipinski definition) is 0. The van der Waals surface area contributed by atoms with Crippen LogP contribution < -0.4 is 9.47 Å². The molecule has 3 aromatic carbocycles. The Labute approximate surface area is 231 Å². The van der Waals surface area contributed by atoms with Gasteiger partial charge in [0.05, 0.1) is 26.0 Å². The second-order valence-corrected chi connectivity index (χ2v) is 10.6. The summed E-state index contributed by atoms with van der Waals surface area (Å²) in [7, 11) is 3.18. The van der Waals surface area contributed by atoms with Crippen molar-refractivity contribution in [1.82, 2.24) is 14.3 Å². The Morgan fingerprint density at radius 1 is 1.08 bits per heavy atom. The Balaban J connectivity index is 1.25. The van der Waals surface area contributed by atoms with Gasteiger partial charge in [-0.25, -0.2) is 4.98 Å². The smallest absolute Gasteiger partial charge is 0.254 e. The van der Waals surface area contributed by atoms with Crippen LogP contribution in [0.25, 0.3) is 27.0 Å². The first-order valence-corrected chi connectivity index (χ1v) is 14.1. The molecule has 1 aliphatic heterocycles. The summed E-state index contributed by atoms with van der Waals surface area (Å²) in [6.07, 6.45) is 4.84. The Morgan fingerprint density at radius 2 is 1.87 bits per heavy atom. The second kappa shape index (κ2) is 11.1. The zero-order valence-electron chi connectivity index (χ0n) is 22.1. The van der Waals surface area contributed by atoms with Crippen molar-refractivity contribution >= 4 is 33.0 Å². The SMILES string of the molecule is COc1cc(OC)cc(C(=O)N(CCc2csc3nc(-c4ccc5ccccc5c4)cn23)CC2CCCO2)c1. The van der Waals surface area contributed by atoms with E-state index in [-0.39, 0.29) is 12.0 Å². The van der Waals surface area contributed by atoms with Gasteiger partial charge in [-0.05, 0) is 41.8 Å². The van der Waals surface area contributed by atoms with Crippen molar-refractivity contribution in [3.8, 4) is 22.8 Å². The summed E-state index contributed by atoms with van der Waals surface area (Å²) in [5.74, 6) is 1.12. The molecule has 5 aromatic rings. The summed E-state index contributed by atoms with van der Waals surface area (Å²) < 4.78 is 18.9. The highest BCUT2D eigenvalue weighted by molar-refractivity contribution is 7.15. The monoisotopic (exact) mass is 541 g/mol. The largest absolute Gasteiger partial charge is 0.497 e. The van der Waals surface area contributed by atoms with Crippen LogP contribution in [0.15, 0.2) is 72.2 Å². The van der Waals surface area contributed by atoms with E-state index in [2.05, 4.69) is 58.4 Å². The van der Waals surface area contributed by atoms with Crippen LogP contribution in [0.2, 0.25) is 0 Å². The minimum atomic E-state index is -0.0587. The molecule has 8 heteroatoms. The van der Waals surface area contributed by atoms with Gasteiger partial charge in [0.15, 0.2) is 4.96 Å². The molecular formula is C31H31N3O4S. The standard InChI is InChI=1S/C31H31N3O4S/c1-36-27-15-24(16-28(17-27)37-2)30(35)33(18-26-8-5-13-38-26)12-11-25-20-39-31-32-29(19-34(25)31)23-10-9-21-6-3-4-7-22(21)14-23/h3-4,6-7,9-10,14-17,19-20,26H,5,8,11-13,18H2,1-2H3. The highest BCUT2D eigenvalue weighted by Gasteiger charge is 2.25. The van der Waals surface area contributed by atoms with E-state index in [0.29, 0.717) is 36.6 Å². The van der Waals surface area contributed by atoms with Gasteiger partial charge in [0.1, 0.15) is 11.5 Å². The molecule has 1 saturated heterocycles. The molecule has 39 heavy (non-hydrogen) atoms. The minimum Gasteiger partial charge on any atom is -0.497 e. The van der Waals surface area contributed by atoms with E-state index < -0.39 is 0 Å². The van der Waals surface area contributed by atoms with Crippen molar-refractivity contribution in [2.75, 3.05) is 33.9 Å². The van der Waals surface area contributed by atoms with Crippen LogP contribution in [0.5, 0.6) is 11.5 Å². The van der Waals surface area contributed by atoms with Crippen molar-refractivity contribution < 1.29 is 19.0 Å². The highest BCUT2D eigenvalue weighted by atomic mass is 32.1. The Bertz CT molecular complexity index is 1600. The van der Waals surface area contributed by atoms with Crippen LogP contribution in [-0.2, 0) is 11.2 Å². The molecule has 6 rings (SSSR count). The molecule has 0 N–H and O–H groups in total. The Hall–Kier alpha value is -3.88. The molecule has 0 aliphatic carbocycles. The molecule has 1 unspecified atom stereocenters. The van der Waals surface area contributed by atoms with Gasteiger partial charge in [-0.15, -0.1) is 11.3 Å². The average molecular weight is 542 g/mol. The number of imidazole rings is 1. The molecule has 1 fully saturated rings. The van der Waals surface area contributed by atoms with Crippen molar-refractivity contribution in [3.63, 3.8) is 0 Å². The van der Waals surface area contributed by atoms with Crippen molar-refractivity contribution in [1.29, 1.82) is 0 Å². The molecule has 2 aromatic heterocycles. The fourth-order valence-corrected chi connectivity index (χ4v) is 6.08. The van der Waals surface area contributed by atoms with E-state index >= 15 is 0 Å². The number of carbonyl (C=O) groups excluding carboxylic acids is 1. The summed E-state index contributed by atoms with van der Waals surface area (Å²) in [6, 6.07) is 20.1. The third kappa shape index (κ3) is 5.35. The quantitative estimate of drug-likeness (QED) is 0.226. The van der Waals surface area contributed by atoms with E-state index in [1.54, 1.807) is 43.8 Å². The number of aromatic nitrogens is 2. The number of benzene rings is 3. The van der Waals surface area contributed by atoms with Crippen LogP contribution in [0.3, 0.4) is 0 Å². The average Bonchev–Trinajstić information content (AvgIpc) is 3.73. The number of carbonyl (C=O) groups is 1. The van der Waals surface area contributed by atoms with Crippen LogP contribution >= 0.6 is 11.3 Å². The predicted molar refractivity (Wildman–Crippen MR) is 154 cm³/mol. The second-order valence-electron chi connectivity index (χ2n) is 9.81. The van der Waals surface area contributed by atoms with Crippen LogP contribution in [-0.4, -0.2) is 60.2 Å². The number of amides is 1. The number of methoxy groups -OCH3 is 2. The van der Waals surface area contributed by atoms with Crippen LogP contribution in [0.4, 0.5) is 0 Å². The normalized spacial score (nSPS) is 15.2. The topological polar surface area (TPSA) is 65.3 Å². The molecule has 0 spiro atoms. The van der Waals surface area contributed by atoms with Gasteiger partial charge in [-0.3, -0.25) is 9.20 Å². The fraction of sp³-hybridized carbons (Fsp3) is 0.290. The Morgan fingerprint density at radius 3 is 2.62 bits per heavy atom. The molecule has 200 valence electrons. The first kappa shape index (κ1) is 25.4. The lowest BCUT2D eigenvalue weighted by Crippen LogP contribution is -2.39. The summed E-state index contributed by atoms with van der Waals surface area (Å²) >= 11 is 1.62. The number of rotatable bonds is 9. The number of fused-ring (bicyclic) bond motifs is 2. The van der Waals surface area contributed by atoms with E-state index in [0.717, 1.165) is 41.4 Å². The van der Waals surface area contributed by atoms with Crippen LogP contribution in [0, 0.1) is 0 Å². The molecule has 3 heterocycles. The third-order valence-corrected chi connectivity index (χ3v) is 8.19. The van der Waals surface area contributed by atoms with E-state index in [4.69, 9.17) is 19.2 Å². The lowest BCUT2D eigenvalue weighted by Gasteiger charge is -2.26. The van der Waals surface area contributed by atoms with E-state index in [9.17, 15) is 4.79 Å². The van der Waals surface area contributed by atoms with Crippen LogP contribution in [0.1, 0.15) is 28.9 Å². The first-order chi connectivity index (χ1) is 19.1. The lowest BCUT2D eigenvalue weighted by atomic mass is 10.1. The fourth-order valence-electron chi connectivity index (χ4n) is 5.17. The van der Waals surface area contributed by atoms with Gasteiger partial charge in [0.2, 0.25) is 0 Å². The zero-order valence-corrected chi connectivity index (χ0v) is 22.9. The number of ether oxygens (including phenoxy) is 3. The lowest BCUT2D eigenvalue weighted by molar-refractivity contribution is 0.0527. The molecule has 0 radical (unpaired) electrons. The van der Waals surface area contributed by atoms with Gasteiger partial charge >= 0.3 is 0 Å². The summed E-state index contributed by atoms with van der Waals surface area (Å²) in [5.41, 5.74) is 3.71. The van der Waals surface area contributed by atoms with Gasteiger partial charge in [-0.2, -0.15) is 0 Å². The molecule has 1 amide bonds. The number of hydrogen-bond acceptors (Lipinski definition) is 6. The number of nitrogens with zero attached hydrogens (tertiary/aromatic N) is 3. The maximum atomic E-state index is 13.7. The maximum absolute atomic E-state index is 13.7. The van der Waals surface area contributed by atoms with Gasteiger partial charge in [0.25, 0.3) is 5.91 Å². The summed E-state index contributed by atoms with van der Waals surface area (Å²) in [4.78, 5) is 21.5. The van der Waals surface area contributed by atoms with E-state index in [1.165, 1.54) is 10.8 Å². The van der Waals surface area contributed by atoms with Gasteiger partial charge in [0, 0.05) is 60.6 Å². The third-order valence-electron chi connectivity index (χ3n) is 7.30. The predicted octanol–water partition coefficient (Wildman–Crippen LogP) is 6.10.